The topological polar surface area (TPSA) is 21.3 Å². The van der Waals surface area contributed by atoms with E-state index in [0.717, 1.165) is 29.3 Å². The summed E-state index contributed by atoms with van der Waals surface area (Å²) in [5.41, 5.74) is 1.05. The van der Waals surface area contributed by atoms with Gasteiger partial charge in [0, 0.05) is 5.02 Å². The number of benzene rings is 1. The van der Waals surface area contributed by atoms with Crippen molar-refractivity contribution in [2.75, 3.05) is 13.6 Å². The largest absolute Gasteiger partial charge is 0.491 e. The number of hydrogen-bond donors (Lipinski definition) is 1. The van der Waals surface area contributed by atoms with Gasteiger partial charge in [0.1, 0.15) is 5.75 Å². The van der Waals surface area contributed by atoms with Gasteiger partial charge in [-0.05, 0) is 57.6 Å². The fourth-order valence-corrected chi connectivity index (χ4v) is 1.45. The first-order valence-corrected chi connectivity index (χ1v) is 5.58. The molecule has 0 bridgehead atoms. The third kappa shape index (κ3) is 4.10. The molecule has 0 heterocycles. The minimum absolute atomic E-state index is 0.220. The molecule has 84 valence electrons. The number of halogens is 1. The maximum absolute atomic E-state index is 5.94. The summed E-state index contributed by atoms with van der Waals surface area (Å²) in [4.78, 5) is 0. The molecular formula is C12H18ClNO. The van der Waals surface area contributed by atoms with Gasteiger partial charge in [-0.3, -0.25) is 0 Å². The minimum atomic E-state index is 0.220. The maximum atomic E-state index is 5.94. The SMILES string of the molecule is CNCCC(C)Oc1ccc(Cl)c(C)c1. The Labute approximate surface area is 96.6 Å². The fraction of sp³-hybridized carbons (Fsp3) is 0.500. The summed E-state index contributed by atoms with van der Waals surface area (Å²) < 4.78 is 5.75. The Kier molecular flexibility index (Phi) is 4.92. The van der Waals surface area contributed by atoms with E-state index in [-0.39, 0.29) is 6.10 Å². The molecule has 0 amide bonds. The molecule has 0 aliphatic carbocycles. The predicted molar refractivity (Wildman–Crippen MR) is 64.8 cm³/mol. The first-order chi connectivity index (χ1) is 7.13. The van der Waals surface area contributed by atoms with Crippen LogP contribution in [-0.4, -0.2) is 19.7 Å². The van der Waals surface area contributed by atoms with E-state index in [9.17, 15) is 0 Å². The van der Waals surface area contributed by atoms with Crippen LogP contribution in [0.4, 0.5) is 0 Å². The van der Waals surface area contributed by atoms with Gasteiger partial charge in [-0.15, -0.1) is 0 Å². The van der Waals surface area contributed by atoms with Crippen LogP contribution in [0.15, 0.2) is 18.2 Å². The van der Waals surface area contributed by atoms with Crippen molar-refractivity contribution in [2.45, 2.75) is 26.4 Å². The Morgan fingerprint density at radius 1 is 1.47 bits per heavy atom. The maximum Gasteiger partial charge on any atom is 0.120 e. The van der Waals surface area contributed by atoms with Crippen LogP contribution in [0.25, 0.3) is 0 Å². The van der Waals surface area contributed by atoms with E-state index < -0.39 is 0 Å². The lowest BCUT2D eigenvalue weighted by Crippen LogP contribution is -2.19. The molecule has 0 saturated heterocycles. The molecule has 0 spiro atoms. The first kappa shape index (κ1) is 12.3. The zero-order valence-electron chi connectivity index (χ0n) is 9.51. The molecule has 15 heavy (non-hydrogen) atoms. The molecule has 1 aromatic carbocycles. The molecule has 1 N–H and O–H groups in total. The standard InChI is InChI=1S/C12H18ClNO/c1-9-8-11(4-5-12(9)13)15-10(2)6-7-14-3/h4-5,8,10,14H,6-7H2,1-3H3. The molecule has 0 saturated carbocycles. The van der Waals surface area contributed by atoms with Gasteiger partial charge in [-0.2, -0.15) is 0 Å². The lowest BCUT2D eigenvalue weighted by molar-refractivity contribution is 0.211. The van der Waals surface area contributed by atoms with Gasteiger partial charge >= 0.3 is 0 Å². The number of hydrogen-bond acceptors (Lipinski definition) is 2. The summed E-state index contributed by atoms with van der Waals surface area (Å²) in [7, 11) is 1.94. The Balaban J connectivity index is 2.53. The molecule has 3 heteroatoms. The highest BCUT2D eigenvalue weighted by atomic mass is 35.5. The molecule has 0 aliphatic rings. The third-order valence-electron chi connectivity index (χ3n) is 2.27. The van der Waals surface area contributed by atoms with Gasteiger partial charge in [0.05, 0.1) is 6.10 Å². The van der Waals surface area contributed by atoms with Gasteiger partial charge in [0.25, 0.3) is 0 Å². The van der Waals surface area contributed by atoms with Gasteiger partial charge in [-0.25, -0.2) is 0 Å². The summed E-state index contributed by atoms with van der Waals surface area (Å²) in [6.07, 6.45) is 1.22. The molecule has 0 aromatic heterocycles. The quantitative estimate of drug-likeness (QED) is 0.835. The van der Waals surface area contributed by atoms with Crippen molar-refractivity contribution in [1.82, 2.24) is 5.32 Å². The average molecular weight is 228 g/mol. The summed E-state index contributed by atoms with van der Waals surface area (Å²) >= 11 is 5.94. The van der Waals surface area contributed by atoms with Gasteiger partial charge in [0.2, 0.25) is 0 Å². The average Bonchev–Trinajstić information content (AvgIpc) is 2.20. The lowest BCUT2D eigenvalue weighted by atomic mass is 10.2. The Hall–Kier alpha value is -0.730. The van der Waals surface area contributed by atoms with Crippen molar-refractivity contribution in [3.63, 3.8) is 0 Å². The van der Waals surface area contributed by atoms with Gasteiger partial charge in [-0.1, -0.05) is 11.6 Å². The molecule has 1 rings (SSSR count). The van der Waals surface area contributed by atoms with E-state index in [1.54, 1.807) is 0 Å². The van der Waals surface area contributed by atoms with E-state index >= 15 is 0 Å². The van der Waals surface area contributed by atoms with Crippen LogP contribution < -0.4 is 10.1 Å². The van der Waals surface area contributed by atoms with Gasteiger partial charge in [0.15, 0.2) is 0 Å². The molecule has 1 unspecified atom stereocenters. The highest BCUT2D eigenvalue weighted by Gasteiger charge is 2.04. The van der Waals surface area contributed by atoms with Crippen LogP contribution in [0.5, 0.6) is 5.75 Å². The second-order valence-electron chi connectivity index (χ2n) is 3.73. The van der Waals surface area contributed by atoms with Crippen molar-refractivity contribution in [2.24, 2.45) is 0 Å². The summed E-state index contributed by atoms with van der Waals surface area (Å²) in [5.74, 6) is 0.889. The van der Waals surface area contributed by atoms with Crippen molar-refractivity contribution < 1.29 is 4.74 Å². The van der Waals surface area contributed by atoms with Crippen LogP contribution >= 0.6 is 11.6 Å². The van der Waals surface area contributed by atoms with Crippen LogP contribution in [-0.2, 0) is 0 Å². The zero-order valence-corrected chi connectivity index (χ0v) is 10.3. The second kappa shape index (κ2) is 5.99. The molecule has 1 atom stereocenters. The summed E-state index contributed by atoms with van der Waals surface area (Å²) in [6.45, 7) is 5.02. The minimum Gasteiger partial charge on any atom is -0.491 e. The zero-order chi connectivity index (χ0) is 11.3. The van der Waals surface area contributed by atoms with Crippen LogP contribution in [0.2, 0.25) is 5.02 Å². The van der Waals surface area contributed by atoms with E-state index in [1.807, 2.05) is 32.2 Å². The summed E-state index contributed by atoms with van der Waals surface area (Å²) in [5, 5.41) is 3.89. The smallest absolute Gasteiger partial charge is 0.120 e. The number of ether oxygens (including phenoxy) is 1. The van der Waals surface area contributed by atoms with Crippen LogP contribution in [0.3, 0.4) is 0 Å². The monoisotopic (exact) mass is 227 g/mol. The normalized spacial score (nSPS) is 12.5. The number of nitrogens with one attached hydrogen (secondary N) is 1. The molecule has 2 nitrogen and oxygen atoms in total. The number of rotatable bonds is 5. The van der Waals surface area contributed by atoms with Crippen LogP contribution in [0.1, 0.15) is 18.9 Å². The molecule has 0 aliphatic heterocycles. The Morgan fingerprint density at radius 2 is 2.20 bits per heavy atom. The fourth-order valence-electron chi connectivity index (χ4n) is 1.33. The number of aryl methyl sites for hydroxylation is 1. The van der Waals surface area contributed by atoms with Crippen molar-refractivity contribution >= 4 is 11.6 Å². The molecule has 0 radical (unpaired) electrons. The Morgan fingerprint density at radius 3 is 2.80 bits per heavy atom. The van der Waals surface area contributed by atoms with Crippen molar-refractivity contribution in [3.05, 3.63) is 28.8 Å². The molecular weight excluding hydrogens is 210 g/mol. The van der Waals surface area contributed by atoms with E-state index in [1.165, 1.54) is 0 Å². The van der Waals surface area contributed by atoms with E-state index in [2.05, 4.69) is 12.2 Å². The van der Waals surface area contributed by atoms with E-state index in [4.69, 9.17) is 16.3 Å². The molecule has 1 aromatic rings. The highest BCUT2D eigenvalue weighted by molar-refractivity contribution is 6.31. The summed E-state index contributed by atoms with van der Waals surface area (Å²) in [6, 6.07) is 5.75. The van der Waals surface area contributed by atoms with Crippen molar-refractivity contribution in [3.8, 4) is 5.75 Å². The van der Waals surface area contributed by atoms with Crippen molar-refractivity contribution in [1.29, 1.82) is 0 Å². The second-order valence-corrected chi connectivity index (χ2v) is 4.14. The van der Waals surface area contributed by atoms with Crippen LogP contribution in [0, 0.1) is 6.92 Å². The Bertz CT molecular complexity index is 314. The lowest BCUT2D eigenvalue weighted by Gasteiger charge is -2.15. The first-order valence-electron chi connectivity index (χ1n) is 5.21. The van der Waals surface area contributed by atoms with Gasteiger partial charge < -0.3 is 10.1 Å². The third-order valence-corrected chi connectivity index (χ3v) is 2.69. The predicted octanol–water partition coefficient (Wildman–Crippen LogP) is 3.03. The highest BCUT2D eigenvalue weighted by Crippen LogP contribution is 2.22. The molecule has 0 fully saturated rings. The van der Waals surface area contributed by atoms with E-state index in [0.29, 0.717) is 0 Å².